The summed E-state index contributed by atoms with van der Waals surface area (Å²) in [5.74, 6) is 1.01. The topological polar surface area (TPSA) is 43.4 Å². The van der Waals surface area contributed by atoms with E-state index >= 15 is 0 Å². The standard InChI is InChI=1S/C23H22O3S/c1-16-12-17(2)23(26-15-18-6-4-3-5-7-18)21(13-16)20-9-8-19-10-11-27(24,25)22(19)14-20/h3-9,12-14H,10-11,15H2,1-2H3. The van der Waals surface area contributed by atoms with Crippen molar-refractivity contribution in [3.05, 3.63) is 82.9 Å². The van der Waals surface area contributed by atoms with Crippen LogP contribution < -0.4 is 4.74 Å². The van der Waals surface area contributed by atoms with E-state index in [4.69, 9.17) is 4.74 Å². The van der Waals surface area contributed by atoms with Crippen molar-refractivity contribution in [1.82, 2.24) is 0 Å². The molecule has 3 nitrogen and oxygen atoms in total. The first kappa shape index (κ1) is 17.8. The van der Waals surface area contributed by atoms with Crippen molar-refractivity contribution >= 4 is 9.84 Å². The van der Waals surface area contributed by atoms with Crippen LogP contribution in [0.25, 0.3) is 11.1 Å². The summed E-state index contributed by atoms with van der Waals surface area (Å²) < 4.78 is 30.9. The van der Waals surface area contributed by atoms with Gasteiger partial charge in [0.25, 0.3) is 0 Å². The van der Waals surface area contributed by atoms with E-state index in [-0.39, 0.29) is 5.75 Å². The molecule has 1 heterocycles. The number of hydrogen-bond donors (Lipinski definition) is 0. The zero-order chi connectivity index (χ0) is 19.0. The average molecular weight is 378 g/mol. The molecule has 0 aliphatic carbocycles. The van der Waals surface area contributed by atoms with E-state index in [0.29, 0.717) is 17.9 Å². The lowest BCUT2D eigenvalue weighted by atomic mass is 9.98. The molecule has 0 N–H and O–H groups in total. The summed E-state index contributed by atoms with van der Waals surface area (Å²) >= 11 is 0. The maximum atomic E-state index is 12.3. The predicted molar refractivity (Wildman–Crippen MR) is 108 cm³/mol. The van der Waals surface area contributed by atoms with Gasteiger partial charge < -0.3 is 4.74 Å². The molecule has 0 amide bonds. The van der Waals surface area contributed by atoms with E-state index in [9.17, 15) is 8.42 Å². The fourth-order valence-corrected chi connectivity index (χ4v) is 5.25. The Hall–Kier alpha value is -2.59. The first-order chi connectivity index (χ1) is 12.9. The van der Waals surface area contributed by atoms with Crippen LogP contribution in [-0.4, -0.2) is 14.2 Å². The Morgan fingerprint density at radius 3 is 2.52 bits per heavy atom. The molecule has 3 aromatic rings. The minimum Gasteiger partial charge on any atom is -0.488 e. The summed E-state index contributed by atoms with van der Waals surface area (Å²) in [6.45, 7) is 4.55. The second kappa shape index (κ2) is 6.86. The van der Waals surface area contributed by atoms with Crippen molar-refractivity contribution in [3.63, 3.8) is 0 Å². The quantitative estimate of drug-likeness (QED) is 0.650. The second-order valence-corrected chi connectivity index (χ2v) is 9.20. The molecular formula is C23H22O3S. The molecule has 1 aliphatic rings. The Bertz CT molecular complexity index is 1100. The van der Waals surface area contributed by atoms with Crippen LogP contribution in [0.15, 0.2) is 65.6 Å². The van der Waals surface area contributed by atoms with E-state index in [1.165, 1.54) is 0 Å². The summed E-state index contributed by atoms with van der Waals surface area (Å²) in [6.07, 6.45) is 0.599. The molecule has 0 unspecified atom stereocenters. The molecule has 0 bridgehead atoms. The third kappa shape index (κ3) is 3.50. The molecule has 27 heavy (non-hydrogen) atoms. The Labute approximate surface area is 160 Å². The Morgan fingerprint density at radius 1 is 0.963 bits per heavy atom. The van der Waals surface area contributed by atoms with Crippen LogP contribution in [-0.2, 0) is 22.9 Å². The molecule has 4 rings (SSSR count). The van der Waals surface area contributed by atoms with Crippen molar-refractivity contribution in [3.8, 4) is 16.9 Å². The van der Waals surface area contributed by atoms with Gasteiger partial charge in [-0.25, -0.2) is 8.42 Å². The average Bonchev–Trinajstić information content (AvgIpc) is 2.96. The van der Waals surface area contributed by atoms with Crippen LogP contribution in [0.3, 0.4) is 0 Å². The highest BCUT2D eigenvalue weighted by Gasteiger charge is 2.26. The first-order valence-corrected chi connectivity index (χ1v) is 10.7. The van der Waals surface area contributed by atoms with Crippen LogP contribution in [0.4, 0.5) is 0 Å². The molecular weight excluding hydrogens is 356 g/mol. The molecule has 0 saturated carbocycles. The lowest BCUT2D eigenvalue weighted by Crippen LogP contribution is -2.01. The van der Waals surface area contributed by atoms with E-state index in [2.05, 4.69) is 12.1 Å². The summed E-state index contributed by atoms with van der Waals surface area (Å²) in [4.78, 5) is 0.466. The van der Waals surface area contributed by atoms with Gasteiger partial charge in [0.1, 0.15) is 12.4 Å². The number of sulfone groups is 1. The highest BCUT2D eigenvalue weighted by molar-refractivity contribution is 7.91. The van der Waals surface area contributed by atoms with Gasteiger partial charge in [0, 0.05) is 5.56 Å². The van der Waals surface area contributed by atoms with Gasteiger partial charge in [-0.15, -0.1) is 0 Å². The summed E-state index contributed by atoms with van der Waals surface area (Å²) in [6, 6.07) is 19.9. The predicted octanol–water partition coefficient (Wildman–Crippen LogP) is 4.88. The smallest absolute Gasteiger partial charge is 0.178 e. The monoisotopic (exact) mass is 378 g/mol. The number of aryl methyl sites for hydroxylation is 3. The lowest BCUT2D eigenvalue weighted by molar-refractivity contribution is 0.305. The van der Waals surface area contributed by atoms with Gasteiger partial charge in [-0.05, 0) is 60.2 Å². The van der Waals surface area contributed by atoms with Gasteiger partial charge in [-0.3, -0.25) is 0 Å². The van der Waals surface area contributed by atoms with Crippen molar-refractivity contribution in [2.24, 2.45) is 0 Å². The zero-order valence-corrected chi connectivity index (χ0v) is 16.3. The number of rotatable bonds is 4. The second-order valence-electron chi connectivity index (χ2n) is 7.12. The van der Waals surface area contributed by atoms with Crippen LogP contribution in [0.2, 0.25) is 0 Å². The molecule has 1 aliphatic heterocycles. The fraction of sp³-hybridized carbons (Fsp3) is 0.217. The maximum absolute atomic E-state index is 12.3. The summed E-state index contributed by atoms with van der Waals surface area (Å²) in [7, 11) is -3.17. The van der Waals surface area contributed by atoms with Gasteiger partial charge in [0.05, 0.1) is 10.6 Å². The van der Waals surface area contributed by atoms with Crippen molar-refractivity contribution in [2.45, 2.75) is 31.8 Å². The molecule has 0 saturated heterocycles. The molecule has 0 radical (unpaired) electrons. The third-order valence-corrected chi connectivity index (χ3v) is 6.79. The number of fused-ring (bicyclic) bond motifs is 1. The molecule has 138 valence electrons. The fourth-order valence-electron chi connectivity index (χ4n) is 3.66. The Kier molecular flexibility index (Phi) is 4.52. The largest absolute Gasteiger partial charge is 0.488 e. The third-order valence-electron chi connectivity index (χ3n) is 5.00. The van der Waals surface area contributed by atoms with Crippen LogP contribution in [0, 0.1) is 13.8 Å². The molecule has 3 aromatic carbocycles. The molecule has 0 spiro atoms. The molecule has 4 heteroatoms. The van der Waals surface area contributed by atoms with Gasteiger partial charge in [-0.2, -0.15) is 0 Å². The van der Waals surface area contributed by atoms with E-state index in [0.717, 1.165) is 39.1 Å². The van der Waals surface area contributed by atoms with Gasteiger partial charge in [0.15, 0.2) is 9.84 Å². The Balaban J connectivity index is 1.77. The maximum Gasteiger partial charge on any atom is 0.178 e. The molecule has 0 atom stereocenters. The number of hydrogen-bond acceptors (Lipinski definition) is 3. The van der Waals surface area contributed by atoms with Crippen molar-refractivity contribution in [2.75, 3.05) is 5.75 Å². The molecule has 0 fully saturated rings. The van der Waals surface area contributed by atoms with E-state index < -0.39 is 9.84 Å². The van der Waals surface area contributed by atoms with Crippen LogP contribution in [0.5, 0.6) is 5.75 Å². The number of benzene rings is 3. The molecule has 0 aromatic heterocycles. The summed E-state index contributed by atoms with van der Waals surface area (Å²) in [5.41, 5.74) is 6.00. The SMILES string of the molecule is Cc1cc(C)c(OCc2ccccc2)c(-c2ccc3c(c2)S(=O)(=O)CC3)c1. The zero-order valence-electron chi connectivity index (χ0n) is 15.5. The van der Waals surface area contributed by atoms with Gasteiger partial charge >= 0.3 is 0 Å². The van der Waals surface area contributed by atoms with Crippen LogP contribution in [0.1, 0.15) is 22.3 Å². The van der Waals surface area contributed by atoms with Gasteiger partial charge in [0.2, 0.25) is 0 Å². The summed E-state index contributed by atoms with van der Waals surface area (Å²) in [5, 5.41) is 0. The lowest BCUT2D eigenvalue weighted by Gasteiger charge is -2.16. The first-order valence-electron chi connectivity index (χ1n) is 9.08. The highest BCUT2D eigenvalue weighted by Crippen LogP contribution is 2.38. The Morgan fingerprint density at radius 2 is 1.74 bits per heavy atom. The van der Waals surface area contributed by atoms with Crippen molar-refractivity contribution in [1.29, 1.82) is 0 Å². The minimum atomic E-state index is -3.17. The highest BCUT2D eigenvalue weighted by atomic mass is 32.2. The number of ether oxygens (including phenoxy) is 1. The van der Waals surface area contributed by atoms with E-state index in [1.54, 1.807) is 6.07 Å². The van der Waals surface area contributed by atoms with Gasteiger partial charge in [-0.1, -0.05) is 48.5 Å². The van der Waals surface area contributed by atoms with Crippen LogP contribution >= 0.6 is 0 Å². The minimum absolute atomic E-state index is 0.204. The van der Waals surface area contributed by atoms with Crippen molar-refractivity contribution < 1.29 is 13.2 Å². The van der Waals surface area contributed by atoms with E-state index in [1.807, 2.05) is 56.3 Å². The normalized spacial score (nSPS) is 14.7.